The molecule has 2 N–H and O–H groups in total. The number of rotatable bonds is 7. The Morgan fingerprint density at radius 1 is 1.39 bits per heavy atom. The minimum absolute atomic E-state index is 0.110. The van der Waals surface area contributed by atoms with Gasteiger partial charge in [0.1, 0.15) is 0 Å². The van der Waals surface area contributed by atoms with Crippen molar-refractivity contribution in [2.24, 2.45) is 12.1 Å². The molecule has 7 heteroatoms. The molecule has 1 amide bonds. The molecule has 2 aromatic rings. The number of nitrogens with zero attached hydrogens (tertiary/aromatic N) is 3. The predicted molar refractivity (Wildman–Crippen MR) is 92.9 cm³/mol. The monoisotopic (exact) mass is 333 g/mol. The summed E-state index contributed by atoms with van der Waals surface area (Å²) < 4.78 is 1.71. The highest BCUT2D eigenvalue weighted by Gasteiger charge is 2.01. The number of anilines is 1. The molecule has 0 aliphatic heterocycles. The van der Waals surface area contributed by atoms with Crippen molar-refractivity contribution in [2.75, 3.05) is 11.9 Å². The molecule has 2 rings (SSSR count). The SMILES string of the molecule is Cc1nn(C)cc1/C=N/NC(=O)CCCNc1ccc(Cl)cc1. The number of nitrogens with one attached hydrogen (secondary N) is 2. The molecule has 122 valence electrons. The van der Waals surface area contributed by atoms with E-state index in [0.29, 0.717) is 18.0 Å². The van der Waals surface area contributed by atoms with Gasteiger partial charge in [0.05, 0.1) is 11.9 Å². The first-order chi connectivity index (χ1) is 11.0. The number of carbonyl (C=O) groups is 1. The van der Waals surface area contributed by atoms with Crippen molar-refractivity contribution >= 4 is 29.4 Å². The molecule has 1 aromatic heterocycles. The summed E-state index contributed by atoms with van der Waals surface area (Å²) in [5, 5.41) is 12.1. The number of amides is 1. The van der Waals surface area contributed by atoms with Gasteiger partial charge >= 0.3 is 0 Å². The quantitative estimate of drug-likeness (QED) is 0.465. The number of halogens is 1. The van der Waals surface area contributed by atoms with Crippen molar-refractivity contribution in [1.82, 2.24) is 15.2 Å². The van der Waals surface area contributed by atoms with Crippen LogP contribution >= 0.6 is 11.6 Å². The van der Waals surface area contributed by atoms with E-state index in [2.05, 4.69) is 20.9 Å². The molecular weight excluding hydrogens is 314 g/mol. The van der Waals surface area contributed by atoms with Crippen molar-refractivity contribution in [3.8, 4) is 0 Å². The molecule has 0 unspecified atom stereocenters. The van der Waals surface area contributed by atoms with E-state index in [0.717, 1.165) is 23.4 Å². The van der Waals surface area contributed by atoms with Crippen LogP contribution in [0.1, 0.15) is 24.1 Å². The number of aryl methyl sites for hydroxylation is 2. The third kappa shape index (κ3) is 5.75. The van der Waals surface area contributed by atoms with Crippen molar-refractivity contribution in [2.45, 2.75) is 19.8 Å². The molecule has 0 aliphatic carbocycles. The van der Waals surface area contributed by atoms with E-state index >= 15 is 0 Å². The van der Waals surface area contributed by atoms with Crippen LogP contribution in [0.5, 0.6) is 0 Å². The third-order valence-electron chi connectivity index (χ3n) is 3.20. The molecule has 0 saturated heterocycles. The van der Waals surface area contributed by atoms with Crippen LogP contribution in [0.2, 0.25) is 5.02 Å². The van der Waals surface area contributed by atoms with Gasteiger partial charge in [-0.25, -0.2) is 5.43 Å². The maximum absolute atomic E-state index is 11.7. The lowest BCUT2D eigenvalue weighted by molar-refractivity contribution is -0.121. The fourth-order valence-corrected chi connectivity index (χ4v) is 2.15. The van der Waals surface area contributed by atoms with Gasteiger partial charge in [0, 0.05) is 42.5 Å². The number of aromatic nitrogens is 2. The second-order valence-corrected chi connectivity index (χ2v) is 5.61. The molecule has 0 fully saturated rings. The zero-order valence-electron chi connectivity index (χ0n) is 13.2. The van der Waals surface area contributed by atoms with E-state index in [4.69, 9.17) is 11.6 Å². The first-order valence-electron chi connectivity index (χ1n) is 7.36. The third-order valence-corrected chi connectivity index (χ3v) is 3.45. The first-order valence-corrected chi connectivity index (χ1v) is 7.74. The fraction of sp³-hybridized carbons (Fsp3) is 0.312. The second-order valence-electron chi connectivity index (χ2n) is 5.17. The minimum Gasteiger partial charge on any atom is -0.385 e. The summed E-state index contributed by atoms with van der Waals surface area (Å²) in [6.45, 7) is 2.60. The van der Waals surface area contributed by atoms with Crippen molar-refractivity contribution in [3.63, 3.8) is 0 Å². The number of benzene rings is 1. The van der Waals surface area contributed by atoms with Gasteiger partial charge in [-0.3, -0.25) is 9.48 Å². The summed E-state index contributed by atoms with van der Waals surface area (Å²) in [5.41, 5.74) is 5.27. The maximum Gasteiger partial charge on any atom is 0.240 e. The highest BCUT2D eigenvalue weighted by atomic mass is 35.5. The van der Waals surface area contributed by atoms with Gasteiger partial charge in [-0.2, -0.15) is 10.2 Å². The van der Waals surface area contributed by atoms with Crippen molar-refractivity contribution in [1.29, 1.82) is 0 Å². The van der Waals surface area contributed by atoms with Gasteiger partial charge in [0.25, 0.3) is 0 Å². The molecule has 0 saturated carbocycles. The summed E-state index contributed by atoms with van der Waals surface area (Å²) in [4.78, 5) is 11.7. The number of hydrogen-bond donors (Lipinski definition) is 2. The van der Waals surface area contributed by atoms with Crippen LogP contribution in [0.15, 0.2) is 35.6 Å². The largest absolute Gasteiger partial charge is 0.385 e. The summed E-state index contributed by atoms with van der Waals surface area (Å²) in [6.07, 6.45) is 4.58. The summed E-state index contributed by atoms with van der Waals surface area (Å²) in [5.74, 6) is -0.110. The van der Waals surface area contributed by atoms with Crippen LogP contribution in [0.3, 0.4) is 0 Å². The van der Waals surface area contributed by atoms with Crippen LogP contribution in [0, 0.1) is 6.92 Å². The Hall–Kier alpha value is -2.34. The Labute approximate surface area is 140 Å². The first kappa shape index (κ1) is 17.0. The van der Waals surface area contributed by atoms with Crippen molar-refractivity contribution in [3.05, 3.63) is 46.7 Å². The van der Waals surface area contributed by atoms with Crippen LogP contribution < -0.4 is 10.7 Å². The smallest absolute Gasteiger partial charge is 0.240 e. The molecule has 6 nitrogen and oxygen atoms in total. The molecule has 23 heavy (non-hydrogen) atoms. The molecule has 0 atom stereocenters. The van der Waals surface area contributed by atoms with Crippen LogP contribution in [0.25, 0.3) is 0 Å². The number of carbonyl (C=O) groups excluding carboxylic acids is 1. The summed E-state index contributed by atoms with van der Waals surface area (Å²) in [6, 6.07) is 7.46. The topological polar surface area (TPSA) is 71.3 Å². The van der Waals surface area contributed by atoms with Gasteiger partial charge in [-0.05, 0) is 37.6 Å². The van der Waals surface area contributed by atoms with Gasteiger partial charge < -0.3 is 5.32 Å². The lowest BCUT2D eigenvalue weighted by Gasteiger charge is -2.05. The predicted octanol–water partition coefficient (Wildman–Crippen LogP) is 2.72. The Morgan fingerprint density at radius 2 is 2.13 bits per heavy atom. The maximum atomic E-state index is 11.7. The van der Waals surface area contributed by atoms with Crippen LogP contribution in [-0.2, 0) is 11.8 Å². The summed E-state index contributed by atoms with van der Waals surface area (Å²) in [7, 11) is 1.84. The van der Waals surface area contributed by atoms with Gasteiger partial charge in [0.2, 0.25) is 5.91 Å². The van der Waals surface area contributed by atoms with E-state index in [1.54, 1.807) is 10.9 Å². The van der Waals surface area contributed by atoms with E-state index in [-0.39, 0.29) is 5.91 Å². The van der Waals surface area contributed by atoms with Gasteiger partial charge in [-0.1, -0.05) is 11.6 Å². The average molecular weight is 334 g/mol. The Kier molecular flexibility index (Phi) is 6.17. The zero-order chi connectivity index (χ0) is 16.7. The number of hydrazone groups is 1. The Balaban J connectivity index is 1.65. The fourth-order valence-electron chi connectivity index (χ4n) is 2.02. The molecule has 0 bridgehead atoms. The molecule has 1 heterocycles. The second kappa shape index (κ2) is 8.33. The highest BCUT2D eigenvalue weighted by Crippen LogP contribution is 2.13. The highest BCUT2D eigenvalue weighted by molar-refractivity contribution is 6.30. The van der Waals surface area contributed by atoms with E-state index < -0.39 is 0 Å². The Morgan fingerprint density at radius 3 is 2.78 bits per heavy atom. The van der Waals surface area contributed by atoms with E-state index in [1.807, 2.05) is 44.4 Å². The molecule has 0 aliphatic rings. The molecule has 1 aromatic carbocycles. The molecule has 0 spiro atoms. The average Bonchev–Trinajstić information content (AvgIpc) is 2.83. The van der Waals surface area contributed by atoms with E-state index in [9.17, 15) is 4.79 Å². The van der Waals surface area contributed by atoms with Gasteiger partial charge in [0.15, 0.2) is 0 Å². The Bertz CT molecular complexity index is 678. The zero-order valence-corrected chi connectivity index (χ0v) is 14.0. The lowest BCUT2D eigenvalue weighted by Crippen LogP contribution is -2.18. The van der Waals surface area contributed by atoms with Crippen LogP contribution in [-0.4, -0.2) is 28.4 Å². The van der Waals surface area contributed by atoms with Gasteiger partial charge in [-0.15, -0.1) is 0 Å². The lowest BCUT2D eigenvalue weighted by atomic mass is 10.2. The van der Waals surface area contributed by atoms with Crippen molar-refractivity contribution < 1.29 is 4.79 Å². The number of hydrogen-bond acceptors (Lipinski definition) is 4. The normalized spacial score (nSPS) is 10.9. The summed E-state index contributed by atoms with van der Waals surface area (Å²) >= 11 is 5.82. The molecular formula is C16H20ClN5O. The van der Waals surface area contributed by atoms with E-state index in [1.165, 1.54) is 0 Å². The molecule has 0 radical (unpaired) electrons. The van der Waals surface area contributed by atoms with Crippen LogP contribution in [0.4, 0.5) is 5.69 Å². The minimum atomic E-state index is -0.110. The standard InChI is InChI=1S/C16H20ClN5O/c1-12-13(11-22(2)21-12)10-19-20-16(23)4-3-9-18-15-7-5-14(17)6-8-15/h5-8,10-11,18H,3-4,9H2,1-2H3,(H,20,23)/b19-10+.